The largest absolute Gasteiger partial charge is 0.508 e. The summed E-state index contributed by atoms with van der Waals surface area (Å²) in [5.41, 5.74) is 7.04. The number of phenolic OH excluding ortho intramolecular Hbond substituents is 1. The first-order valence-corrected chi connectivity index (χ1v) is 4.77. The van der Waals surface area contributed by atoms with E-state index < -0.39 is 0 Å². The van der Waals surface area contributed by atoms with Crippen LogP contribution in [-0.2, 0) is 6.42 Å². The number of aromatic hydroxyl groups is 1. The summed E-state index contributed by atoms with van der Waals surface area (Å²) in [5.74, 6) is 0.225. The van der Waals surface area contributed by atoms with Gasteiger partial charge in [0, 0.05) is 12.1 Å². The van der Waals surface area contributed by atoms with Gasteiger partial charge in [0.05, 0.1) is 5.84 Å². The van der Waals surface area contributed by atoms with Crippen molar-refractivity contribution in [3.63, 3.8) is 0 Å². The minimum Gasteiger partial charge on any atom is -0.508 e. The lowest BCUT2D eigenvalue weighted by atomic mass is 10.0. The monoisotopic (exact) mass is 205 g/mol. The van der Waals surface area contributed by atoms with Gasteiger partial charge >= 0.3 is 0 Å². The average molecular weight is 205 g/mol. The number of hydrogen-bond acceptors (Lipinski definition) is 3. The number of aryl methyl sites for hydroxylation is 1. The molecule has 0 spiro atoms. The van der Waals surface area contributed by atoms with Crippen molar-refractivity contribution in [1.82, 2.24) is 0 Å². The van der Waals surface area contributed by atoms with E-state index in [0.29, 0.717) is 17.7 Å². The second-order valence-electron chi connectivity index (χ2n) is 3.38. The summed E-state index contributed by atoms with van der Waals surface area (Å²) >= 11 is 0. The van der Waals surface area contributed by atoms with Crippen molar-refractivity contribution in [3.05, 3.63) is 29.3 Å². The van der Waals surface area contributed by atoms with Gasteiger partial charge in [0.2, 0.25) is 0 Å². The molecule has 1 aromatic carbocycles. The van der Waals surface area contributed by atoms with Crippen LogP contribution in [0.15, 0.2) is 18.2 Å². The van der Waals surface area contributed by atoms with Crippen molar-refractivity contribution in [3.8, 4) is 5.75 Å². The molecule has 0 aromatic heterocycles. The molecule has 0 amide bonds. The van der Waals surface area contributed by atoms with Crippen LogP contribution in [0.25, 0.3) is 0 Å². The van der Waals surface area contributed by atoms with E-state index in [0.717, 1.165) is 5.56 Å². The maximum absolute atomic E-state index is 9.46. The summed E-state index contributed by atoms with van der Waals surface area (Å²) in [4.78, 5) is 0. The summed E-state index contributed by atoms with van der Waals surface area (Å²) in [5, 5.41) is 24.3. The lowest BCUT2D eigenvalue weighted by Crippen LogP contribution is -2.15. The van der Waals surface area contributed by atoms with Crippen molar-refractivity contribution in [2.24, 2.45) is 5.73 Å². The first-order chi connectivity index (χ1) is 7.04. The molecular formula is C11H15N3O. The Balaban J connectivity index is 2.95. The predicted octanol–water partition coefficient (Wildman–Crippen LogP) is 1.65. The Hall–Kier alpha value is -1.84. The van der Waals surface area contributed by atoms with Crippen LogP contribution in [0.5, 0.6) is 5.75 Å². The maximum atomic E-state index is 9.46. The van der Waals surface area contributed by atoms with Crippen molar-refractivity contribution in [2.45, 2.75) is 19.8 Å². The first-order valence-electron chi connectivity index (χ1n) is 4.77. The van der Waals surface area contributed by atoms with Gasteiger partial charge in [-0.1, -0.05) is 6.92 Å². The number of hydrogen-bond donors (Lipinski definition) is 4. The molecule has 1 aromatic rings. The fourth-order valence-corrected chi connectivity index (χ4v) is 1.35. The van der Waals surface area contributed by atoms with Gasteiger partial charge in [-0.3, -0.25) is 5.41 Å². The molecule has 5 N–H and O–H groups in total. The van der Waals surface area contributed by atoms with Crippen LogP contribution < -0.4 is 5.73 Å². The van der Waals surface area contributed by atoms with Crippen LogP contribution in [0.1, 0.15) is 24.5 Å². The second kappa shape index (κ2) is 4.59. The second-order valence-corrected chi connectivity index (χ2v) is 3.38. The van der Waals surface area contributed by atoms with E-state index in [2.05, 4.69) is 0 Å². The van der Waals surface area contributed by atoms with E-state index in [1.54, 1.807) is 18.2 Å². The number of nitrogens with one attached hydrogen (secondary N) is 2. The highest BCUT2D eigenvalue weighted by molar-refractivity contribution is 6.09. The highest BCUT2D eigenvalue weighted by Crippen LogP contribution is 2.19. The van der Waals surface area contributed by atoms with Gasteiger partial charge in [0.25, 0.3) is 0 Å². The molecule has 0 bridgehead atoms. The Bertz CT molecular complexity index is 399. The summed E-state index contributed by atoms with van der Waals surface area (Å²) in [7, 11) is 0. The Kier molecular flexibility index (Phi) is 3.44. The van der Waals surface area contributed by atoms with E-state index in [4.69, 9.17) is 16.6 Å². The maximum Gasteiger partial charge on any atom is 0.118 e. The van der Waals surface area contributed by atoms with Gasteiger partial charge in [0.15, 0.2) is 0 Å². The van der Waals surface area contributed by atoms with Gasteiger partial charge in [-0.05, 0) is 35.7 Å². The molecule has 4 heteroatoms. The first kappa shape index (κ1) is 11.2. The summed E-state index contributed by atoms with van der Waals surface area (Å²) in [6.07, 6.45) is 0.862. The molecule has 0 aliphatic rings. The third-order valence-electron chi connectivity index (χ3n) is 2.18. The van der Waals surface area contributed by atoms with Crippen LogP contribution in [0.2, 0.25) is 0 Å². The molecule has 0 heterocycles. The highest BCUT2D eigenvalue weighted by Gasteiger charge is 2.06. The quantitative estimate of drug-likeness (QED) is 0.444. The highest BCUT2D eigenvalue weighted by atomic mass is 16.3. The third kappa shape index (κ3) is 2.80. The van der Waals surface area contributed by atoms with E-state index in [-0.39, 0.29) is 18.0 Å². The molecule has 0 saturated carbocycles. The topological polar surface area (TPSA) is 94.0 Å². The van der Waals surface area contributed by atoms with E-state index in [9.17, 15) is 5.11 Å². The average Bonchev–Trinajstić information content (AvgIpc) is 2.17. The lowest BCUT2D eigenvalue weighted by Gasteiger charge is -2.06. The van der Waals surface area contributed by atoms with Crippen LogP contribution in [0, 0.1) is 10.8 Å². The van der Waals surface area contributed by atoms with Crippen LogP contribution >= 0.6 is 0 Å². The van der Waals surface area contributed by atoms with Crippen LogP contribution in [0.3, 0.4) is 0 Å². The summed E-state index contributed by atoms with van der Waals surface area (Å²) in [6.45, 7) is 1.94. The SMILES string of the molecule is CCc1cc(C(=N)CC(=N)N)ccc1O. The molecule has 15 heavy (non-hydrogen) atoms. The van der Waals surface area contributed by atoms with E-state index >= 15 is 0 Å². The molecule has 0 fully saturated rings. The van der Waals surface area contributed by atoms with E-state index in [1.807, 2.05) is 6.92 Å². The van der Waals surface area contributed by atoms with Crippen molar-refractivity contribution in [2.75, 3.05) is 0 Å². The number of rotatable bonds is 4. The van der Waals surface area contributed by atoms with Crippen molar-refractivity contribution in [1.29, 1.82) is 10.8 Å². The van der Waals surface area contributed by atoms with Gasteiger partial charge in [-0.15, -0.1) is 0 Å². The van der Waals surface area contributed by atoms with Gasteiger partial charge < -0.3 is 16.2 Å². The fraction of sp³-hybridized carbons (Fsp3) is 0.273. The van der Waals surface area contributed by atoms with Crippen molar-refractivity contribution >= 4 is 11.5 Å². The standard InChI is InChI=1S/C11H15N3O/c1-2-7-5-8(3-4-10(7)15)9(12)6-11(13)14/h3-5,12,15H,2,6H2,1H3,(H3,13,14). The molecule has 4 nitrogen and oxygen atoms in total. The smallest absolute Gasteiger partial charge is 0.118 e. The van der Waals surface area contributed by atoms with Crippen molar-refractivity contribution < 1.29 is 5.11 Å². The Morgan fingerprint density at radius 2 is 2.07 bits per heavy atom. The molecule has 1 rings (SSSR count). The molecule has 0 saturated heterocycles. The minimum atomic E-state index is -0.0221. The third-order valence-corrected chi connectivity index (χ3v) is 2.18. The van der Waals surface area contributed by atoms with Gasteiger partial charge in [0.1, 0.15) is 5.75 Å². The molecule has 0 aliphatic heterocycles. The molecule has 0 aliphatic carbocycles. The Morgan fingerprint density at radius 1 is 1.40 bits per heavy atom. The lowest BCUT2D eigenvalue weighted by molar-refractivity contribution is 0.469. The molecular weight excluding hydrogens is 190 g/mol. The number of nitrogens with two attached hydrogens (primary N) is 1. The zero-order valence-corrected chi connectivity index (χ0v) is 8.67. The Morgan fingerprint density at radius 3 is 2.60 bits per heavy atom. The van der Waals surface area contributed by atoms with Gasteiger partial charge in [-0.25, -0.2) is 0 Å². The number of phenols is 1. The normalized spacial score (nSPS) is 9.93. The fourth-order valence-electron chi connectivity index (χ4n) is 1.35. The zero-order chi connectivity index (χ0) is 11.4. The minimum absolute atomic E-state index is 0.0221. The predicted molar refractivity (Wildman–Crippen MR) is 60.8 cm³/mol. The summed E-state index contributed by atoms with van der Waals surface area (Å²) in [6, 6.07) is 5.00. The van der Waals surface area contributed by atoms with Crippen LogP contribution in [0.4, 0.5) is 0 Å². The molecule has 0 radical (unpaired) electrons. The summed E-state index contributed by atoms with van der Waals surface area (Å²) < 4.78 is 0. The number of benzene rings is 1. The molecule has 0 atom stereocenters. The zero-order valence-electron chi connectivity index (χ0n) is 8.67. The van der Waals surface area contributed by atoms with Gasteiger partial charge in [-0.2, -0.15) is 0 Å². The number of amidine groups is 1. The molecule has 80 valence electrons. The molecule has 0 unspecified atom stereocenters. The van der Waals surface area contributed by atoms with Crippen LogP contribution in [-0.4, -0.2) is 16.7 Å². The Labute approximate surface area is 88.8 Å². The van der Waals surface area contributed by atoms with E-state index in [1.165, 1.54) is 0 Å².